The first kappa shape index (κ1) is 13.7. The van der Waals surface area contributed by atoms with Crippen LogP contribution in [0.5, 0.6) is 0 Å². The number of aromatic nitrogens is 2. The van der Waals surface area contributed by atoms with Gasteiger partial charge in [0.05, 0.1) is 6.61 Å². The van der Waals surface area contributed by atoms with Crippen LogP contribution in [0.15, 0.2) is 6.07 Å². The third-order valence-corrected chi connectivity index (χ3v) is 2.59. The second-order valence-corrected chi connectivity index (χ2v) is 4.14. The van der Waals surface area contributed by atoms with Crippen LogP contribution < -0.4 is 10.2 Å². The second kappa shape index (κ2) is 6.39. The Labute approximate surface area is 103 Å². The molecule has 5 heteroatoms. The summed E-state index contributed by atoms with van der Waals surface area (Å²) >= 11 is 0. The molecular formula is C12H22N4O. The minimum Gasteiger partial charge on any atom is -0.395 e. The molecule has 0 unspecified atom stereocenters. The van der Waals surface area contributed by atoms with Crippen molar-refractivity contribution in [2.24, 2.45) is 0 Å². The summed E-state index contributed by atoms with van der Waals surface area (Å²) in [4.78, 5) is 10.9. The van der Waals surface area contributed by atoms with Gasteiger partial charge in [0.2, 0.25) is 0 Å². The fourth-order valence-electron chi connectivity index (χ4n) is 1.66. The average Bonchev–Trinajstić information content (AvgIpc) is 2.34. The third kappa shape index (κ3) is 3.56. The van der Waals surface area contributed by atoms with Gasteiger partial charge in [-0.05, 0) is 13.8 Å². The summed E-state index contributed by atoms with van der Waals surface area (Å²) in [5, 5.41) is 12.1. The highest BCUT2D eigenvalue weighted by molar-refractivity contribution is 5.49. The van der Waals surface area contributed by atoms with Crippen molar-refractivity contribution in [1.82, 2.24) is 9.97 Å². The maximum absolute atomic E-state index is 9.10. The van der Waals surface area contributed by atoms with Crippen molar-refractivity contribution in [3.05, 3.63) is 11.9 Å². The van der Waals surface area contributed by atoms with Crippen molar-refractivity contribution >= 4 is 11.6 Å². The first-order chi connectivity index (χ1) is 8.12. The molecule has 0 saturated heterocycles. The molecule has 1 rings (SSSR count). The highest BCUT2D eigenvalue weighted by Crippen LogP contribution is 2.18. The van der Waals surface area contributed by atoms with E-state index in [0.29, 0.717) is 12.6 Å². The quantitative estimate of drug-likeness (QED) is 0.782. The van der Waals surface area contributed by atoms with Crippen molar-refractivity contribution < 1.29 is 5.11 Å². The SMILES string of the molecule is CCc1nc(NC)cc(N(CCO)C(C)C)n1. The number of aliphatic hydroxyl groups excluding tert-OH is 1. The molecule has 0 amide bonds. The molecule has 0 spiro atoms. The molecule has 0 aromatic carbocycles. The number of nitrogens with zero attached hydrogens (tertiary/aromatic N) is 3. The predicted octanol–water partition coefficient (Wildman–Crippen LogP) is 1.29. The van der Waals surface area contributed by atoms with E-state index < -0.39 is 0 Å². The fraction of sp³-hybridized carbons (Fsp3) is 0.667. The van der Waals surface area contributed by atoms with Crippen molar-refractivity contribution in [3.63, 3.8) is 0 Å². The van der Waals surface area contributed by atoms with Crippen LogP contribution in [-0.4, -0.2) is 41.3 Å². The highest BCUT2D eigenvalue weighted by atomic mass is 16.3. The summed E-state index contributed by atoms with van der Waals surface area (Å²) < 4.78 is 0. The second-order valence-electron chi connectivity index (χ2n) is 4.14. The molecule has 1 heterocycles. The molecule has 0 radical (unpaired) electrons. The molecule has 0 bridgehead atoms. The number of anilines is 2. The molecule has 1 aromatic heterocycles. The zero-order chi connectivity index (χ0) is 12.8. The van der Waals surface area contributed by atoms with E-state index in [1.165, 1.54) is 0 Å². The van der Waals surface area contributed by atoms with Gasteiger partial charge in [-0.25, -0.2) is 9.97 Å². The summed E-state index contributed by atoms with van der Waals surface area (Å²) in [5.74, 6) is 2.50. The standard InChI is InChI=1S/C12H22N4O/c1-5-10-14-11(13-4)8-12(15-10)16(6-7-17)9(2)3/h8-9,17H,5-7H2,1-4H3,(H,13,14,15). The van der Waals surface area contributed by atoms with E-state index in [9.17, 15) is 0 Å². The third-order valence-electron chi connectivity index (χ3n) is 2.59. The van der Waals surface area contributed by atoms with Crippen LogP contribution in [0.4, 0.5) is 11.6 Å². The Balaban J connectivity index is 3.08. The van der Waals surface area contributed by atoms with E-state index in [0.717, 1.165) is 23.9 Å². The van der Waals surface area contributed by atoms with Crippen LogP contribution in [-0.2, 0) is 6.42 Å². The van der Waals surface area contributed by atoms with Gasteiger partial charge in [0, 0.05) is 32.1 Å². The van der Waals surface area contributed by atoms with Gasteiger partial charge in [-0.1, -0.05) is 6.92 Å². The lowest BCUT2D eigenvalue weighted by molar-refractivity contribution is 0.298. The highest BCUT2D eigenvalue weighted by Gasteiger charge is 2.13. The van der Waals surface area contributed by atoms with E-state index in [1.807, 2.05) is 20.0 Å². The summed E-state index contributed by atoms with van der Waals surface area (Å²) in [6, 6.07) is 2.21. The zero-order valence-electron chi connectivity index (χ0n) is 11.1. The Bertz CT molecular complexity index is 332. The Morgan fingerprint density at radius 3 is 2.59 bits per heavy atom. The van der Waals surface area contributed by atoms with Gasteiger partial charge < -0.3 is 15.3 Å². The van der Waals surface area contributed by atoms with E-state index >= 15 is 0 Å². The molecule has 0 fully saturated rings. The number of aryl methyl sites for hydroxylation is 1. The average molecular weight is 238 g/mol. The van der Waals surface area contributed by atoms with Crippen LogP contribution in [0.1, 0.15) is 26.6 Å². The molecule has 17 heavy (non-hydrogen) atoms. The monoisotopic (exact) mass is 238 g/mol. The zero-order valence-corrected chi connectivity index (χ0v) is 11.1. The molecule has 0 aliphatic carbocycles. The molecule has 0 aliphatic rings. The van der Waals surface area contributed by atoms with E-state index in [4.69, 9.17) is 5.11 Å². The Kier molecular flexibility index (Phi) is 5.15. The van der Waals surface area contributed by atoms with Gasteiger partial charge in [0.25, 0.3) is 0 Å². The molecule has 0 saturated carbocycles. The Morgan fingerprint density at radius 2 is 2.12 bits per heavy atom. The molecule has 2 N–H and O–H groups in total. The Hall–Kier alpha value is -1.36. The lowest BCUT2D eigenvalue weighted by atomic mass is 10.3. The molecule has 0 atom stereocenters. The molecule has 96 valence electrons. The van der Waals surface area contributed by atoms with Crippen LogP contribution >= 0.6 is 0 Å². The Morgan fingerprint density at radius 1 is 1.41 bits per heavy atom. The van der Waals surface area contributed by atoms with Gasteiger partial charge in [-0.15, -0.1) is 0 Å². The number of aliphatic hydroxyl groups is 1. The van der Waals surface area contributed by atoms with Crippen molar-refractivity contribution in [2.45, 2.75) is 33.2 Å². The first-order valence-corrected chi connectivity index (χ1v) is 6.05. The fourth-order valence-corrected chi connectivity index (χ4v) is 1.66. The van der Waals surface area contributed by atoms with Crippen molar-refractivity contribution in [3.8, 4) is 0 Å². The number of rotatable bonds is 6. The number of nitrogens with one attached hydrogen (secondary N) is 1. The molecule has 0 aliphatic heterocycles. The topological polar surface area (TPSA) is 61.3 Å². The normalized spacial score (nSPS) is 10.7. The summed E-state index contributed by atoms with van der Waals surface area (Å²) in [6.07, 6.45) is 0.799. The first-order valence-electron chi connectivity index (χ1n) is 6.05. The number of hydrogen-bond acceptors (Lipinski definition) is 5. The molecule has 1 aromatic rings. The van der Waals surface area contributed by atoms with Crippen LogP contribution in [0, 0.1) is 0 Å². The van der Waals surface area contributed by atoms with Gasteiger partial charge in [-0.2, -0.15) is 0 Å². The van der Waals surface area contributed by atoms with Crippen LogP contribution in [0.2, 0.25) is 0 Å². The minimum atomic E-state index is 0.124. The van der Waals surface area contributed by atoms with Gasteiger partial charge in [0.15, 0.2) is 0 Å². The maximum Gasteiger partial charge on any atom is 0.134 e. The maximum atomic E-state index is 9.10. The van der Waals surface area contributed by atoms with E-state index in [-0.39, 0.29) is 6.61 Å². The molecular weight excluding hydrogens is 216 g/mol. The van der Waals surface area contributed by atoms with E-state index in [2.05, 4.69) is 34.0 Å². The number of hydrogen-bond donors (Lipinski definition) is 2. The minimum absolute atomic E-state index is 0.124. The van der Waals surface area contributed by atoms with Crippen molar-refractivity contribution in [1.29, 1.82) is 0 Å². The molecule has 5 nitrogen and oxygen atoms in total. The van der Waals surface area contributed by atoms with Gasteiger partial charge >= 0.3 is 0 Å². The summed E-state index contributed by atoms with van der Waals surface area (Å²) in [6.45, 7) is 6.91. The smallest absolute Gasteiger partial charge is 0.134 e. The van der Waals surface area contributed by atoms with Crippen LogP contribution in [0.3, 0.4) is 0 Å². The lowest BCUT2D eigenvalue weighted by Gasteiger charge is -2.27. The largest absolute Gasteiger partial charge is 0.395 e. The summed E-state index contributed by atoms with van der Waals surface area (Å²) in [7, 11) is 1.84. The van der Waals surface area contributed by atoms with Crippen LogP contribution in [0.25, 0.3) is 0 Å². The van der Waals surface area contributed by atoms with E-state index in [1.54, 1.807) is 0 Å². The van der Waals surface area contributed by atoms with Gasteiger partial charge in [-0.3, -0.25) is 0 Å². The van der Waals surface area contributed by atoms with Gasteiger partial charge in [0.1, 0.15) is 17.5 Å². The lowest BCUT2D eigenvalue weighted by Crippen LogP contribution is -2.34. The predicted molar refractivity (Wildman–Crippen MR) is 70.5 cm³/mol. The van der Waals surface area contributed by atoms with Crippen molar-refractivity contribution in [2.75, 3.05) is 30.4 Å². The summed E-state index contributed by atoms with van der Waals surface area (Å²) in [5.41, 5.74) is 0.